The van der Waals surface area contributed by atoms with Gasteiger partial charge in [-0.3, -0.25) is 9.07 Å². The molecule has 0 aliphatic carbocycles. The largest absolute Gasteiger partial charge is 0.695 e. The number of hydrogen-bond donors (Lipinski definition) is 1. The van der Waals surface area contributed by atoms with Gasteiger partial charge in [0.15, 0.2) is 0 Å². The maximum Gasteiger partial charge on any atom is 0.695 e. The van der Waals surface area contributed by atoms with Crippen molar-refractivity contribution in [3.63, 3.8) is 0 Å². The molecule has 0 bridgehead atoms. The van der Waals surface area contributed by atoms with Crippen LogP contribution in [0.25, 0.3) is 0 Å². The van der Waals surface area contributed by atoms with Gasteiger partial charge in [-0.1, -0.05) is 6.92 Å². The molecule has 1 saturated heterocycles. The quantitative estimate of drug-likeness (QED) is 0.652. The molecule has 0 spiro atoms. The van der Waals surface area contributed by atoms with Crippen molar-refractivity contribution in [2.45, 2.75) is 38.6 Å². The lowest BCUT2D eigenvalue weighted by Gasteiger charge is -2.32. The van der Waals surface area contributed by atoms with Crippen LogP contribution >= 0.6 is 0 Å². The van der Waals surface area contributed by atoms with Crippen LogP contribution < -0.4 is 0 Å². The van der Waals surface area contributed by atoms with E-state index in [1.807, 2.05) is 13.8 Å². The maximum absolute atomic E-state index is 12.1. The van der Waals surface area contributed by atoms with E-state index in [2.05, 4.69) is 4.76 Å². The van der Waals surface area contributed by atoms with Crippen molar-refractivity contribution in [2.75, 3.05) is 6.54 Å². The smallest absolute Gasteiger partial charge is 0.397 e. The molecule has 1 aliphatic rings. The zero-order valence-electron chi connectivity index (χ0n) is 7.59. The van der Waals surface area contributed by atoms with E-state index >= 15 is 0 Å². The lowest BCUT2D eigenvalue weighted by atomic mass is 9.97. The van der Waals surface area contributed by atoms with Gasteiger partial charge in [0.2, 0.25) is 0 Å². The number of hydrogen-bond acceptors (Lipinski definition) is 3. The summed E-state index contributed by atoms with van der Waals surface area (Å²) in [5.74, 6) is 0. The number of halogens is 1. The van der Waals surface area contributed by atoms with Crippen LogP contribution in [0.2, 0.25) is 0 Å². The molecule has 0 aromatic rings. The SMILES string of the molecule is CCC1(C)CCCN1OB(O)F. The fourth-order valence-electron chi connectivity index (χ4n) is 1.64. The van der Waals surface area contributed by atoms with Crippen molar-refractivity contribution in [2.24, 2.45) is 0 Å². The number of nitrogens with zero attached hydrogens (tertiary/aromatic N) is 1. The van der Waals surface area contributed by atoms with Gasteiger partial charge in [-0.25, -0.2) is 0 Å². The average Bonchev–Trinajstić information content (AvgIpc) is 2.33. The molecule has 0 aromatic carbocycles. The summed E-state index contributed by atoms with van der Waals surface area (Å²) in [4.78, 5) is 0. The van der Waals surface area contributed by atoms with E-state index in [0.29, 0.717) is 6.54 Å². The van der Waals surface area contributed by atoms with Crippen LogP contribution in [0, 0.1) is 0 Å². The highest BCUT2D eigenvalue weighted by atomic mass is 19.1. The van der Waals surface area contributed by atoms with Crippen LogP contribution in [-0.4, -0.2) is 29.6 Å². The lowest BCUT2D eigenvalue weighted by Crippen LogP contribution is -2.43. The van der Waals surface area contributed by atoms with Crippen LogP contribution in [0.5, 0.6) is 0 Å². The van der Waals surface area contributed by atoms with Crippen molar-refractivity contribution < 1.29 is 14.1 Å². The Morgan fingerprint density at radius 2 is 2.42 bits per heavy atom. The first-order chi connectivity index (χ1) is 5.58. The summed E-state index contributed by atoms with van der Waals surface area (Å²) in [6.45, 7) is 4.75. The Morgan fingerprint density at radius 3 is 2.92 bits per heavy atom. The molecule has 5 heteroatoms. The molecule has 0 saturated carbocycles. The number of rotatable bonds is 3. The molecule has 1 N–H and O–H groups in total. The van der Waals surface area contributed by atoms with Gasteiger partial charge >= 0.3 is 7.40 Å². The molecule has 12 heavy (non-hydrogen) atoms. The van der Waals surface area contributed by atoms with Gasteiger partial charge < -0.3 is 5.02 Å². The zero-order valence-corrected chi connectivity index (χ0v) is 7.59. The summed E-state index contributed by atoms with van der Waals surface area (Å²) < 4.78 is 16.8. The maximum atomic E-state index is 12.1. The Morgan fingerprint density at radius 1 is 1.75 bits per heavy atom. The monoisotopic (exact) mass is 175 g/mol. The second kappa shape index (κ2) is 3.72. The summed E-state index contributed by atoms with van der Waals surface area (Å²) >= 11 is 0. The van der Waals surface area contributed by atoms with E-state index in [9.17, 15) is 4.32 Å². The lowest BCUT2D eigenvalue weighted by molar-refractivity contribution is -0.137. The van der Waals surface area contributed by atoms with Crippen molar-refractivity contribution >= 4 is 7.40 Å². The minimum absolute atomic E-state index is 0.104. The predicted molar refractivity (Wildman–Crippen MR) is 44.8 cm³/mol. The van der Waals surface area contributed by atoms with Crippen molar-refractivity contribution in [3.8, 4) is 0 Å². The van der Waals surface area contributed by atoms with Gasteiger partial charge in [0.25, 0.3) is 0 Å². The topological polar surface area (TPSA) is 32.7 Å². The zero-order chi connectivity index (χ0) is 9.19. The van der Waals surface area contributed by atoms with E-state index < -0.39 is 7.40 Å². The Hall–Kier alpha value is -0.125. The third-order valence-corrected chi connectivity index (χ3v) is 2.65. The van der Waals surface area contributed by atoms with Gasteiger partial charge in [0, 0.05) is 12.1 Å². The van der Waals surface area contributed by atoms with Crippen LogP contribution in [0.3, 0.4) is 0 Å². The molecule has 3 nitrogen and oxygen atoms in total. The average molecular weight is 175 g/mol. The first-order valence-corrected chi connectivity index (χ1v) is 4.35. The van der Waals surface area contributed by atoms with Gasteiger partial charge in [-0.05, 0) is 26.2 Å². The molecule has 0 aromatic heterocycles. The molecule has 1 unspecified atom stereocenters. The minimum atomic E-state index is -2.19. The van der Waals surface area contributed by atoms with Gasteiger partial charge in [0.05, 0.1) is 0 Å². The summed E-state index contributed by atoms with van der Waals surface area (Å²) in [5, 5.41) is 9.96. The molecule has 0 radical (unpaired) electrons. The first kappa shape index (κ1) is 9.96. The van der Waals surface area contributed by atoms with Crippen LogP contribution in [-0.2, 0) is 4.76 Å². The Labute approximate surface area is 72.7 Å². The van der Waals surface area contributed by atoms with Gasteiger partial charge in [-0.2, -0.15) is 5.06 Å². The van der Waals surface area contributed by atoms with Crippen molar-refractivity contribution in [1.82, 2.24) is 5.06 Å². The molecule has 1 atom stereocenters. The van der Waals surface area contributed by atoms with Crippen LogP contribution in [0.15, 0.2) is 0 Å². The molecule has 1 fully saturated rings. The van der Waals surface area contributed by atoms with E-state index in [1.54, 1.807) is 5.06 Å². The molecular formula is C7H15BFNO2. The third kappa shape index (κ3) is 1.97. The molecule has 0 amide bonds. The fraction of sp³-hybridized carbons (Fsp3) is 1.00. The summed E-state index contributed by atoms with van der Waals surface area (Å²) in [6.07, 6.45) is 2.90. The standard InChI is InChI=1S/C7H15BFNO2/c1-3-7(2)5-4-6-10(7)12-8(9)11/h11H,3-6H2,1-2H3. The minimum Gasteiger partial charge on any atom is -0.397 e. The van der Waals surface area contributed by atoms with Crippen molar-refractivity contribution in [3.05, 3.63) is 0 Å². The number of hydroxylamine groups is 2. The van der Waals surface area contributed by atoms with E-state index in [1.165, 1.54) is 0 Å². The third-order valence-electron chi connectivity index (χ3n) is 2.65. The highest BCUT2D eigenvalue weighted by Gasteiger charge is 2.38. The van der Waals surface area contributed by atoms with E-state index in [0.717, 1.165) is 19.3 Å². The summed E-state index contributed by atoms with van der Waals surface area (Å²) in [5.41, 5.74) is -0.104. The van der Waals surface area contributed by atoms with E-state index in [4.69, 9.17) is 5.02 Å². The molecule has 70 valence electrons. The highest BCUT2D eigenvalue weighted by Crippen LogP contribution is 2.31. The van der Waals surface area contributed by atoms with Gasteiger partial charge in [-0.15, -0.1) is 0 Å². The fourth-order valence-corrected chi connectivity index (χ4v) is 1.64. The molecule has 1 rings (SSSR count). The Balaban J connectivity index is 2.51. The predicted octanol–water partition coefficient (Wildman–Crippen LogP) is 1.13. The molecule has 1 heterocycles. The normalized spacial score (nSPS) is 31.0. The Bertz CT molecular complexity index is 158. The van der Waals surface area contributed by atoms with E-state index in [-0.39, 0.29) is 5.54 Å². The van der Waals surface area contributed by atoms with Crippen LogP contribution in [0.4, 0.5) is 4.32 Å². The van der Waals surface area contributed by atoms with Gasteiger partial charge in [0.1, 0.15) is 0 Å². The molecular weight excluding hydrogens is 160 g/mol. The Kier molecular flexibility index (Phi) is 3.09. The summed E-state index contributed by atoms with van der Waals surface area (Å²) in [6, 6.07) is 0. The second-order valence-corrected chi connectivity index (χ2v) is 3.45. The van der Waals surface area contributed by atoms with Crippen LogP contribution in [0.1, 0.15) is 33.1 Å². The second-order valence-electron chi connectivity index (χ2n) is 3.45. The van der Waals surface area contributed by atoms with Crippen molar-refractivity contribution in [1.29, 1.82) is 0 Å². The molecule has 1 aliphatic heterocycles. The summed E-state index contributed by atoms with van der Waals surface area (Å²) in [7, 11) is -2.19. The highest BCUT2D eigenvalue weighted by molar-refractivity contribution is 6.33. The first-order valence-electron chi connectivity index (χ1n) is 4.35.